The molecule has 3 heteroatoms. The van der Waals surface area contributed by atoms with Crippen molar-refractivity contribution in [2.24, 2.45) is 0 Å². The van der Waals surface area contributed by atoms with Gasteiger partial charge in [-0.2, -0.15) is 0 Å². The Morgan fingerprint density at radius 1 is 1.24 bits per heavy atom. The highest BCUT2D eigenvalue weighted by Crippen LogP contribution is 2.19. The van der Waals surface area contributed by atoms with Gasteiger partial charge in [-0.3, -0.25) is 4.90 Å². The molecule has 1 heterocycles. The summed E-state index contributed by atoms with van der Waals surface area (Å²) >= 11 is 0. The Morgan fingerprint density at radius 2 is 2.05 bits per heavy atom. The average molecular weight is 287 g/mol. The fourth-order valence-electron chi connectivity index (χ4n) is 2.58. The van der Waals surface area contributed by atoms with Crippen LogP contribution in [0.1, 0.15) is 36.8 Å². The van der Waals surface area contributed by atoms with Crippen molar-refractivity contribution in [1.82, 2.24) is 4.90 Å². The molecule has 1 aromatic rings. The Morgan fingerprint density at radius 3 is 2.76 bits per heavy atom. The minimum absolute atomic E-state index is 0.115. The van der Waals surface area contributed by atoms with Gasteiger partial charge >= 0.3 is 0 Å². The van der Waals surface area contributed by atoms with Crippen LogP contribution in [-0.2, 0) is 0 Å². The molecule has 1 saturated heterocycles. The third-order valence-corrected chi connectivity index (χ3v) is 3.76. The second-order valence-corrected chi connectivity index (χ2v) is 5.51. The number of aryl methyl sites for hydroxylation is 1. The van der Waals surface area contributed by atoms with Crippen molar-refractivity contribution in [2.45, 2.75) is 32.6 Å². The number of rotatable bonds is 5. The Labute approximate surface area is 127 Å². The Bertz CT molecular complexity index is 496. The van der Waals surface area contributed by atoms with E-state index in [-0.39, 0.29) is 6.61 Å². The van der Waals surface area contributed by atoms with Gasteiger partial charge in [-0.05, 0) is 56.6 Å². The molecule has 0 amide bonds. The third kappa shape index (κ3) is 5.41. The fourth-order valence-corrected chi connectivity index (χ4v) is 2.58. The molecule has 1 N–H and O–H groups in total. The number of hydrogen-bond acceptors (Lipinski definition) is 3. The number of aliphatic hydroxyl groups is 1. The maximum Gasteiger partial charge on any atom is 0.122 e. The third-order valence-electron chi connectivity index (χ3n) is 3.76. The average Bonchev–Trinajstić information content (AvgIpc) is 2.51. The molecular weight excluding hydrogens is 262 g/mol. The largest absolute Gasteiger partial charge is 0.492 e. The van der Waals surface area contributed by atoms with Gasteiger partial charge in [0.15, 0.2) is 0 Å². The van der Waals surface area contributed by atoms with E-state index in [1.807, 2.05) is 25.1 Å². The molecule has 0 saturated carbocycles. The van der Waals surface area contributed by atoms with Crippen molar-refractivity contribution in [3.8, 4) is 17.6 Å². The van der Waals surface area contributed by atoms with Gasteiger partial charge < -0.3 is 9.84 Å². The number of aliphatic hydroxyl groups excluding tert-OH is 1. The van der Waals surface area contributed by atoms with E-state index in [2.05, 4.69) is 16.7 Å². The summed E-state index contributed by atoms with van der Waals surface area (Å²) in [6, 6.07) is 6.02. The maximum atomic E-state index is 8.72. The molecule has 21 heavy (non-hydrogen) atoms. The van der Waals surface area contributed by atoms with Crippen LogP contribution in [0.25, 0.3) is 0 Å². The number of piperidine rings is 1. The van der Waals surface area contributed by atoms with Crippen molar-refractivity contribution in [2.75, 3.05) is 32.8 Å². The second-order valence-electron chi connectivity index (χ2n) is 5.51. The van der Waals surface area contributed by atoms with Crippen molar-refractivity contribution < 1.29 is 9.84 Å². The Balaban J connectivity index is 1.82. The van der Waals surface area contributed by atoms with Crippen LogP contribution in [0, 0.1) is 18.8 Å². The number of nitrogens with zero attached hydrogens (tertiary/aromatic N) is 1. The smallest absolute Gasteiger partial charge is 0.122 e. The first kappa shape index (κ1) is 15.9. The van der Waals surface area contributed by atoms with Gasteiger partial charge in [0.05, 0.1) is 6.61 Å². The molecule has 3 nitrogen and oxygen atoms in total. The SMILES string of the molecule is Cc1cc(C#CCCO)ccc1OCCN1CCCCC1. The Kier molecular flexibility index (Phi) is 6.59. The van der Waals surface area contributed by atoms with E-state index in [1.165, 1.54) is 32.4 Å². The van der Waals surface area contributed by atoms with Crippen LogP contribution >= 0.6 is 0 Å². The molecule has 0 atom stereocenters. The van der Waals surface area contributed by atoms with Crippen LogP contribution in [0.4, 0.5) is 0 Å². The molecule has 0 aromatic heterocycles. The molecule has 1 aliphatic heterocycles. The molecule has 0 unspecified atom stereocenters. The highest BCUT2D eigenvalue weighted by atomic mass is 16.5. The summed E-state index contributed by atoms with van der Waals surface area (Å²) in [6.07, 6.45) is 4.53. The van der Waals surface area contributed by atoms with Crippen LogP contribution in [0.5, 0.6) is 5.75 Å². The quantitative estimate of drug-likeness (QED) is 0.845. The summed E-state index contributed by atoms with van der Waals surface area (Å²) in [5, 5.41) is 8.72. The molecule has 0 spiro atoms. The standard InChI is InChI=1S/C18H25NO2/c1-16-15-17(7-3-6-13-20)8-9-18(16)21-14-12-19-10-4-2-5-11-19/h8-9,15,20H,2,4-6,10-14H2,1H3. The lowest BCUT2D eigenvalue weighted by atomic mass is 10.1. The van der Waals surface area contributed by atoms with Crippen molar-refractivity contribution in [1.29, 1.82) is 0 Å². The van der Waals surface area contributed by atoms with Crippen LogP contribution < -0.4 is 4.74 Å². The minimum atomic E-state index is 0.115. The van der Waals surface area contributed by atoms with Crippen LogP contribution in [0.2, 0.25) is 0 Å². The maximum absolute atomic E-state index is 8.72. The van der Waals surface area contributed by atoms with E-state index in [0.29, 0.717) is 6.42 Å². The molecule has 1 aromatic carbocycles. The number of benzene rings is 1. The van der Waals surface area contributed by atoms with Gasteiger partial charge in [-0.25, -0.2) is 0 Å². The van der Waals surface area contributed by atoms with Gasteiger partial charge in [0, 0.05) is 18.5 Å². The van der Waals surface area contributed by atoms with E-state index in [1.54, 1.807) is 0 Å². The lowest BCUT2D eigenvalue weighted by Crippen LogP contribution is -2.33. The number of likely N-dealkylation sites (tertiary alicyclic amines) is 1. The summed E-state index contributed by atoms with van der Waals surface area (Å²) in [5.41, 5.74) is 2.09. The highest BCUT2D eigenvalue weighted by Gasteiger charge is 2.09. The van der Waals surface area contributed by atoms with Gasteiger partial charge in [-0.15, -0.1) is 0 Å². The van der Waals surface area contributed by atoms with E-state index in [4.69, 9.17) is 9.84 Å². The fraction of sp³-hybridized carbons (Fsp3) is 0.556. The van der Waals surface area contributed by atoms with Crippen molar-refractivity contribution >= 4 is 0 Å². The summed E-state index contributed by atoms with van der Waals surface area (Å²) < 4.78 is 5.89. The molecule has 1 fully saturated rings. The first-order chi connectivity index (χ1) is 10.3. The van der Waals surface area contributed by atoms with Crippen LogP contribution in [0.3, 0.4) is 0 Å². The van der Waals surface area contributed by atoms with E-state index >= 15 is 0 Å². The van der Waals surface area contributed by atoms with Gasteiger partial charge in [0.1, 0.15) is 12.4 Å². The highest BCUT2D eigenvalue weighted by molar-refractivity contribution is 5.43. The van der Waals surface area contributed by atoms with Gasteiger partial charge in [-0.1, -0.05) is 18.3 Å². The second kappa shape index (κ2) is 8.71. The number of ether oxygens (including phenoxy) is 1. The molecular formula is C18H25NO2. The Hall–Kier alpha value is -1.50. The molecule has 114 valence electrons. The monoisotopic (exact) mass is 287 g/mol. The van der Waals surface area contributed by atoms with Gasteiger partial charge in [0.25, 0.3) is 0 Å². The van der Waals surface area contributed by atoms with E-state index < -0.39 is 0 Å². The topological polar surface area (TPSA) is 32.7 Å². The normalized spacial score (nSPS) is 15.3. The molecule has 0 bridgehead atoms. The van der Waals surface area contributed by atoms with E-state index in [0.717, 1.165) is 30.0 Å². The number of hydrogen-bond donors (Lipinski definition) is 1. The molecule has 0 radical (unpaired) electrons. The molecule has 1 aliphatic rings. The first-order valence-corrected chi connectivity index (χ1v) is 7.85. The zero-order valence-electron chi connectivity index (χ0n) is 12.9. The zero-order chi connectivity index (χ0) is 14.9. The summed E-state index contributed by atoms with van der Waals surface area (Å²) in [7, 11) is 0. The van der Waals surface area contributed by atoms with Gasteiger partial charge in [0.2, 0.25) is 0 Å². The summed E-state index contributed by atoms with van der Waals surface area (Å²) in [4.78, 5) is 2.48. The minimum Gasteiger partial charge on any atom is -0.492 e. The summed E-state index contributed by atoms with van der Waals surface area (Å²) in [6.45, 7) is 6.34. The van der Waals surface area contributed by atoms with E-state index in [9.17, 15) is 0 Å². The molecule has 0 aliphatic carbocycles. The lowest BCUT2D eigenvalue weighted by molar-refractivity contribution is 0.183. The van der Waals surface area contributed by atoms with Crippen molar-refractivity contribution in [3.05, 3.63) is 29.3 Å². The van der Waals surface area contributed by atoms with Crippen molar-refractivity contribution in [3.63, 3.8) is 0 Å². The summed E-state index contributed by atoms with van der Waals surface area (Å²) in [5.74, 6) is 6.93. The zero-order valence-corrected chi connectivity index (χ0v) is 12.9. The van der Waals surface area contributed by atoms with Crippen LogP contribution in [-0.4, -0.2) is 42.9 Å². The van der Waals surface area contributed by atoms with Crippen LogP contribution in [0.15, 0.2) is 18.2 Å². The first-order valence-electron chi connectivity index (χ1n) is 7.85. The predicted octanol–water partition coefficient (Wildman–Crippen LogP) is 2.59. The molecule has 2 rings (SSSR count). The lowest BCUT2D eigenvalue weighted by Gasteiger charge is -2.26. The predicted molar refractivity (Wildman–Crippen MR) is 85.5 cm³/mol.